The number of hydrogen-bond acceptors (Lipinski definition) is 4. The van der Waals surface area contributed by atoms with Crippen molar-refractivity contribution in [1.82, 2.24) is 9.97 Å². The van der Waals surface area contributed by atoms with Crippen LogP contribution in [-0.4, -0.2) is 15.1 Å². The van der Waals surface area contributed by atoms with Crippen molar-refractivity contribution in [1.29, 1.82) is 0 Å². The Bertz CT molecular complexity index is 428. The number of thiazole rings is 1. The highest BCUT2D eigenvalue weighted by Crippen LogP contribution is 2.21. The molecule has 0 spiro atoms. The summed E-state index contributed by atoms with van der Waals surface area (Å²) in [5, 5.41) is 10.0. The summed E-state index contributed by atoms with van der Waals surface area (Å²) in [4.78, 5) is 9.23. The van der Waals surface area contributed by atoms with E-state index in [1.807, 2.05) is 19.1 Å². The summed E-state index contributed by atoms with van der Waals surface area (Å²) < 4.78 is 0. The van der Waals surface area contributed by atoms with Gasteiger partial charge in [-0.05, 0) is 13.0 Å². The number of hydrogen-bond donors (Lipinski definition) is 1. The predicted octanol–water partition coefficient (Wildman–Crippen LogP) is 2.12. The average molecular weight is 220 g/mol. The van der Waals surface area contributed by atoms with E-state index < -0.39 is 6.10 Å². The smallest absolute Gasteiger partial charge is 0.0856 e. The van der Waals surface area contributed by atoms with Gasteiger partial charge in [-0.2, -0.15) is 0 Å². The van der Waals surface area contributed by atoms with Crippen LogP contribution < -0.4 is 0 Å². The number of aliphatic hydroxyl groups is 1. The van der Waals surface area contributed by atoms with Gasteiger partial charge >= 0.3 is 0 Å². The van der Waals surface area contributed by atoms with Crippen LogP contribution in [0.15, 0.2) is 30.0 Å². The molecule has 0 saturated heterocycles. The molecule has 0 aromatic carbocycles. The van der Waals surface area contributed by atoms with Crippen LogP contribution in [0.5, 0.6) is 0 Å². The molecule has 0 aliphatic carbocycles. The van der Waals surface area contributed by atoms with Crippen LogP contribution in [0.2, 0.25) is 0 Å². The summed E-state index contributed by atoms with van der Waals surface area (Å²) in [6, 6.07) is 3.76. The first kappa shape index (κ1) is 10.3. The lowest BCUT2D eigenvalue weighted by Crippen LogP contribution is -2.03. The van der Waals surface area contributed by atoms with E-state index in [1.54, 1.807) is 29.2 Å². The molecule has 1 atom stereocenters. The molecule has 78 valence electrons. The normalized spacial score (nSPS) is 12.7. The second-order valence-corrected chi connectivity index (χ2v) is 4.34. The number of aromatic nitrogens is 2. The molecule has 4 heteroatoms. The summed E-state index contributed by atoms with van der Waals surface area (Å²) >= 11 is 1.56. The van der Waals surface area contributed by atoms with Crippen LogP contribution in [0.1, 0.15) is 22.2 Å². The molecule has 2 heterocycles. The Morgan fingerprint density at radius 2 is 2.40 bits per heavy atom. The number of rotatable bonds is 3. The quantitative estimate of drug-likeness (QED) is 0.861. The fraction of sp³-hybridized carbons (Fsp3) is 0.273. The molecule has 0 saturated carbocycles. The molecule has 2 aromatic rings. The fourth-order valence-electron chi connectivity index (χ4n) is 1.49. The molecule has 3 nitrogen and oxygen atoms in total. The first-order valence-electron chi connectivity index (χ1n) is 4.74. The van der Waals surface area contributed by atoms with Gasteiger partial charge in [0.15, 0.2) is 0 Å². The first-order chi connectivity index (χ1) is 7.27. The van der Waals surface area contributed by atoms with Crippen LogP contribution in [0.4, 0.5) is 0 Å². The summed E-state index contributed by atoms with van der Waals surface area (Å²) in [6.45, 7) is 1.91. The minimum atomic E-state index is -0.487. The molecule has 2 rings (SSSR count). The lowest BCUT2D eigenvalue weighted by atomic mass is 10.1. The maximum absolute atomic E-state index is 10.0. The molecule has 0 fully saturated rings. The number of aliphatic hydroxyl groups excluding tert-OH is 1. The van der Waals surface area contributed by atoms with Gasteiger partial charge in [-0.3, -0.25) is 9.97 Å². The minimum Gasteiger partial charge on any atom is -0.388 e. The van der Waals surface area contributed by atoms with Crippen LogP contribution >= 0.6 is 11.3 Å². The Morgan fingerprint density at radius 3 is 3.07 bits per heavy atom. The van der Waals surface area contributed by atoms with E-state index in [2.05, 4.69) is 9.97 Å². The molecule has 0 amide bonds. The SMILES string of the molecule is Cc1ncccc1C(O)Cc1cncs1. The maximum Gasteiger partial charge on any atom is 0.0856 e. The third kappa shape index (κ3) is 2.40. The van der Waals surface area contributed by atoms with Gasteiger partial charge < -0.3 is 5.11 Å². The third-order valence-corrected chi connectivity index (χ3v) is 3.09. The summed E-state index contributed by atoms with van der Waals surface area (Å²) in [5.74, 6) is 0. The van der Waals surface area contributed by atoms with Crippen molar-refractivity contribution in [3.8, 4) is 0 Å². The third-order valence-electron chi connectivity index (χ3n) is 2.28. The zero-order chi connectivity index (χ0) is 10.7. The van der Waals surface area contributed by atoms with Gasteiger partial charge in [0.2, 0.25) is 0 Å². The highest BCUT2D eigenvalue weighted by Gasteiger charge is 2.11. The number of pyridine rings is 1. The van der Waals surface area contributed by atoms with E-state index in [9.17, 15) is 5.11 Å². The van der Waals surface area contributed by atoms with Gasteiger partial charge in [0, 0.05) is 34.9 Å². The minimum absolute atomic E-state index is 0.487. The maximum atomic E-state index is 10.0. The molecule has 15 heavy (non-hydrogen) atoms. The van der Waals surface area contributed by atoms with Gasteiger partial charge in [0.1, 0.15) is 0 Å². The summed E-state index contributed by atoms with van der Waals surface area (Å²) in [5.41, 5.74) is 3.55. The summed E-state index contributed by atoms with van der Waals surface area (Å²) in [6.07, 6.45) is 3.65. The topological polar surface area (TPSA) is 46.0 Å². The fourth-order valence-corrected chi connectivity index (χ4v) is 2.13. The Hall–Kier alpha value is -1.26. The second-order valence-electron chi connectivity index (χ2n) is 3.37. The van der Waals surface area contributed by atoms with Gasteiger partial charge in [0.25, 0.3) is 0 Å². The lowest BCUT2D eigenvalue weighted by molar-refractivity contribution is 0.178. The van der Waals surface area contributed by atoms with Gasteiger partial charge in [-0.15, -0.1) is 11.3 Å². The van der Waals surface area contributed by atoms with E-state index in [-0.39, 0.29) is 0 Å². The predicted molar refractivity (Wildman–Crippen MR) is 59.8 cm³/mol. The first-order valence-corrected chi connectivity index (χ1v) is 5.62. The second kappa shape index (κ2) is 4.51. The average Bonchev–Trinajstić information content (AvgIpc) is 2.71. The molecule has 0 aliphatic rings. The van der Waals surface area contributed by atoms with E-state index in [0.717, 1.165) is 16.1 Å². The van der Waals surface area contributed by atoms with Crippen molar-refractivity contribution >= 4 is 11.3 Å². The van der Waals surface area contributed by atoms with Gasteiger partial charge in [-0.1, -0.05) is 6.07 Å². The molecule has 1 N–H and O–H groups in total. The van der Waals surface area contributed by atoms with Crippen LogP contribution in [0.3, 0.4) is 0 Å². The van der Waals surface area contributed by atoms with Gasteiger partial charge in [0.05, 0.1) is 11.6 Å². The van der Waals surface area contributed by atoms with Crippen LogP contribution in [-0.2, 0) is 6.42 Å². The van der Waals surface area contributed by atoms with Crippen molar-refractivity contribution < 1.29 is 5.11 Å². The number of nitrogens with zero attached hydrogens (tertiary/aromatic N) is 2. The van der Waals surface area contributed by atoms with E-state index in [0.29, 0.717) is 6.42 Å². The molecule has 0 bridgehead atoms. The van der Waals surface area contributed by atoms with E-state index >= 15 is 0 Å². The zero-order valence-corrected chi connectivity index (χ0v) is 9.24. The number of aryl methyl sites for hydroxylation is 1. The standard InChI is InChI=1S/C11H12N2OS/c1-8-10(3-2-4-13-8)11(14)5-9-6-12-7-15-9/h2-4,6-7,11,14H,5H2,1H3. The molecule has 1 unspecified atom stereocenters. The van der Waals surface area contributed by atoms with Crippen LogP contribution in [0, 0.1) is 6.92 Å². The Kier molecular flexibility index (Phi) is 3.08. The summed E-state index contributed by atoms with van der Waals surface area (Å²) in [7, 11) is 0. The largest absolute Gasteiger partial charge is 0.388 e. The Labute approximate surface area is 92.5 Å². The molecule has 0 aliphatic heterocycles. The molecular weight excluding hydrogens is 208 g/mol. The van der Waals surface area contributed by atoms with Crippen molar-refractivity contribution in [2.24, 2.45) is 0 Å². The van der Waals surface area contributed by atoms with Crippen molar-refractivity contribution in [2.45, 2.75) is 19.4 Å². The Balaban J connectivity index is 2.15. The molecule has 0 radical (unpaired) electrons. The molecular formula is C11H12N2OS. The molecule has 2 aromatic heterocycles. The monoisotopic (exact) mass is 220 g/mol. The van der Waals surface area contributed by atoms with Gasteiger partial charge in [-0.25, -0.2) is 0 Å². The van der Waals surface area contributed by atoms with Crippen molar-refractivity contribution in [3.05, 3.63) is 46.2 Å². The highest BCUT2D eigenvalue weighted by molar-refractivity contribution is 7.09. The highest BCUT2D eigenvalue weighted by atomic mass is 32.1. The van der Waals surface area contributed by atoms with Crippen molar-refractivity contribution in [3.63, 3.8) is 0 Å². The van der Waals surface area contributed by atoms with Crippen molar-refractivity contribution in [2.75, 3.05) is 0 Å². The Morgan fingerprint density at radius 1 is 1.53 bits per heavy atom. The van der Waals surface area contributed by atoms with E-state index in [4.69, 9.17) is 0 Å². The zero-order valence-electron chi connectivity index (χ0n) is 8.42. The lowest BCUT2D eigenvalue weighted by Gasteiger charge is -2.11. The van der Waals surface area contributed by atoms with Crippen LogP contribution in [0.25, 0.3) is 0 Å². The van der Waals surface area contributed by atoms with E-state index in [1.165, 1.54) is 0 Å².